The molecule has 1 N–H and O–H groups in total. The SMILES string of the molecule is Cc1cc(N2CCNCC2)c2c(c1)N(S(=O)(=O)c1ccc(F)cc1Cl)CCO2. The van der Waals surface area contributed by atoms with E-state index in [9.17, 15) is 12.8 Å². The van der Waals surface area contributed by atoms with Gasteiger partial charge in [-0.15, -0.1) is 0 Å². The molecule has 0 amide bonds. The second kappa shape index (κ2) is 7.42. The van der Waals surface area contributed by atoms with Crippen molar-refractivity contribution in [3.63, 3.8) is 0 Å². The number of sulfonamides is 1. The monoisotopic (exact) mass is 425 g/mol. The lowest BCUT2D eigenvalue weighted by atomic mass is 10.1. The van der Waals surface area contributed by atoms with Gasteiger partial charge in [-0.1, -0.05) is 11.6 Å². The van der Waals surface area contributed by atoms with Crippen LogP contribution in [-0.2, 0) is 10.0 Å². The largest absolute Gasteiger partial charge is 0.487 e. The summed E-state index contributed by atoms with van der Waals surface area (Å²) in [5.41, 5.74) is 2.31. The molecule has 9 heteroatoms. The summed E-state index contributed by atoms with van der Waals surface area (Å²) in [7, 11) is -3.96. The van der Waals surface area contributed by atoms with E-state index in [4.69, 9.17) is 16.3 Å². The van der Waals surface area contributed by atoms with Crippen LogP contribution >= 0.6 is 11.6 Å². The number of piperazine rings is 1. The van der Waals surface area contributed by atoms with Crippen molar-refractivity contribution < 1.29 is 17.5 Å². The predicted molar refractivity (Wildman–Crippen MR) is 108 cm³/mol. The molecule has 0 aromatic heterocycles. The first-order valence-corrected chi connectivity index (χ1v) is 10.9. The van der Waals surface area contributed by atoms with Crippen LogP contribution in [0.2, 0.25) is 5.02 Å². The second-order valence-electron chi connectivity index (χ2n) is 6.87. The number of hydrogen-bond donors (Lipinski definition) is 1. The average Bonchev–Trinajstić information content (AvgIpc) is 2.67. The van der Waals surface area contributed by atoms with Crippen LogP contribution in [0.1, 0.15) is 5.56 Å². The molecule has 1 fully saturated rings. The number of anilines is 2. The van der Waals surface area contributed by atoms with Gasteiger partial charge in [0.2, 0.25) is 0 Å². The minimum atomic E-state index is -3.96. The van der Waals surface area contributed by atoms with E-state index in [2.05, 4.69) is 10.2 Å². The number of rotatable bonds is 3. The van der Waals surface area contributed by atoms with E-state index in [1.165, 1.54) is 10.4 Å². The van der Waals surface area contributed by atoms with Crippen molar-refractivity contribution in [2.75, 3.05) is 48.5 Å². The molecule has 2 heterocycles. The maximum Gasteiger partial charge on any atom is 0.266 e. The summed E-state index contributed by atoms with van der Waals surface area (Å²) in [4.78, 5) is 2.08. The Hall–Kier alpha value is -2.03. The zero-order valence-electron chi connectivity index (χ0n) is 15.4. The van der Waals surface area contributed by atoms with Gasteiger partial charge in [-0.2, -0.15) is 0 Å². The molecule has 1 saturated heterocycles. The van der Waals surface area contributed by atoms with Crippen LogP contribution in [0.25, 0.3) is 0 Å². The molecule has 0 aliphatic carbocycles. The van der Waals surface area contributed by atoms with Crippen LogP contribution < -0.4 is 19.3 Å². The normalized spacial score (nSPS) is 17.2. The molecule has 2 aliphatic heterocycles. The highest BCUT2D eigenvalue weighted by Gasteiger charge is 2.34. The lowest BCUT2D eigenvalue weighted by Crippen LogP contribution is -2.44. The molecule has 0 radical (unpaired) electrons. The first-order chi connectivity index (χ1) is 13.4. The van der Waals surface area contributed by atoms with Gasteiger partial charge in [-0.3, -0.25) is 4.31 Å². The number of benzene rings is 2. The van der Waals surface area contributed by atoms with Gasteiger partial charge in [0, 0.05) is 26.2 Å². The maximum atomic E-state index is 13.4. The van der Waals surface area contributed by atoms with E-state index in [1.807, 2.05) is 13.0 Å². The topological polar surface area (TPSA) is 61.9 Å². The molecule has 28 heavy (non-hydrogen) atoms. The quantitative estimate of drug-likeness (QED) is 0.819. The summed E-state index contributed by atoms with van der Waals surface area (Å²) in [5, 5.41) is 3.17. The Bertz CT molecular complexity index is 1010. The van der Waals surface area contributed by atoms with Gasteiger partial charge in [0.25, 0.3) is 10.0 Å². The number of nitrogens with one attached hydrogen (secondary N) is 1. The van der Waals surface area contributed by atoms with Crippen molar-refractivity contribution >= 4 is 33.0 Å². The highest BCUT2D eigenvalue weighted by molar-refractivity contribution is 7.93. The van der Waals surface area contributed by atoms with Crippen molar-refractivity contribution in [3.8, 4) is 5.75 Å². The number of hydrogen-bond acceptors (Lipinski definition) is 5. The average molecular weight is 426 g/mol. The third kappa shape index (κ3) is 3.40. The maximum absolute atomic E-state index is 13.4. The second-order valence-corrected chi connectivity index (χ2v) is 9.11. The smallest absolute Gasteiger partial charge is 0.266 e. The molecular weight excluding hydrogens is 405 g/mol. The van der Waals surface area contributed by atoms with Crippen molar-refractivity contribution in [3.05, 3.63) is 46.7 Å². The van der Waals surface area contributed by atoms with Gasteiger partial charge < -0.3 is 15.0 Å². The number of fused-ring (bicyclic) bond motifs is 1. The first kappa shape index (κ1) is 19.3. The summed E-state index contributed by atoms with van der Waals surface area (Å²) < 4.78 is 47.3. The minimum Gasteiger partial charge on any atom is -0.487 e. The summed E-state index contributed by atoms with van der Waals surface area (Å²) >= 11 is 6.05. The summed E-state index contributed by atoms with van der Waals surface area (Å²) in [6.45, 7) is 5.66. The zero-order valence-corrected chi connectivity index (χ0v) is 17.0. The van der Waals surface area contributed by atoms with E-state index in [0.717, 1.165) is 49.6 Å². The van der Waals surface area contributed by atoms with E-state index in [0.29, 0.717) is 11.4 Å². The van der Waals surface area contributed by atoms with Crippen molar-refractivity contribution in [1.29, 1.82) is 0 Å². The summed E-state index contributed by atoms with van der Waals surface area (Å²) in [6, 6.07) is 7.14. The van der Waals surface area contributed by atoms with E-state index in [-0.39, 0.29) is 23.1 Å². The van der Waals surface area contributed by atoms with E-state index in [1.54, 1.807) is 6.07 Å². The number of nitrogens with zero attached hydrogens (tertiary/aromatic N) is 2. The molecule has 150 valence electrons. The van der Waals surface area contributed by atoms with Crippen LogP contribution in [0.3, 0.4) is 0 Å². The molecule has 0 spiro atoms. The van der Waals surface area contributed by atoms with Gasteiger partial charge in [0.1, 0.15) is 17.3 Å². The van der Waals surface area contributed by atoms with Gasteiger partial charge in [-0.05, 0) is 42.8 Å². The highest BCUT2D eigenvalue weighted by Crippen LogP contribution is 2.44. The van der Waals surface area contributed by atoms with Crippen LogP contribution in [0.5, 0.6) is 5.75 Å². The predicted octanol–water partition coefficient (Wildman–Crippen LogP) is 2.78. The lowest BCUT2D eigenvalue weighted by molar-refractivity contribution is 0.315. The minimum absolute atomic E-state index is 0.117. The molecule has 6 nitrogen and oxygen atoms in total. The Morgan fingerprint density at radius 2 is 1.82 bits per heavy atom. The number of aryl methyl sites for hydroxylation is 1. The van der Waals surface area contributed by atoms with Crippen LogP contribution in [0, 0.1) is 12.7 Å². The van der Waals surface area contributed by atoms with Gasteiger partial charge in [0.15, 0.2) is 5.75 Å². The zero-order chi connectivity index (χ0) is 19.9. The molecule has 2 aliphatic rings. The Morgan fingerprint density at radius 1 is 1.11 bits per heavy atom. The Kier molecular flexibility index (Phi) is 5.11. The van der Waals surface area contributed by atoms with Crippen LogP contribution in [0.15, 0.2) is 35.2 Å². The standard InChI is InChI=1S/C19H21ClFN3O3S/c1-13-10-16(23-6-4-22-5-7-23)19-17(11-13)24(8-9-27-19)28(25,26)18-3-2-14(21)12-15(18)20/h2-3,10-12,22H,4-9H2,1H3. The lowest BCUT2D eigenvalue weighted by Gasteiger charge is -2.36. The Morgan fingerprint density at radius 3 is 2.54 bits per heavy atom. The van der Waals surface area contributed by atoms with E-state index < -0.39 is 15.8 Å². The van der Waals surface area contributed by atoms with Gasteiger partial charge in [0.05, 0.1) is 22.9 Å². The van der Waals surface area contributed by atoms with Crippen LogP contribution in [0.4, 0.5) is 15.8 Å². The molecular formula is C19H21ClFN3O3S. The van der Waals surface area contributed by atoms with E-state index >= 15 is 0 Å². The Labute approximate surface area is 168 Å². The number of halogens is 2. The van der Waals surface area contributed by atoms with Crippen molar-refractivity contribution in [2.45, 2.75) is 11.8 Å². The third-order valence-corrected chi connectivity index (χ3v) is 7.22. The fourth-order valence-electron chi connectivity index (χ4n) is 3.61. The third-order valence-electron chi connectivity index (χ3n) is 4.92. The summed E-state index contributed by atoms with van der Waals surface area (Å²) in [6.07, 6.45) is 0. The van der Waals surface area contributed by atoms with Crippen molar-refractivity contribution in [1.82, 2.24) is 5.32 Å². The summed E-state index contributed by atoms with van der Waals surface area (Å²) in [5.74, 6) is -0.0243. The molecule has 2 aromatic rings. The fraction of sp³-hybridized carbons (Fsp3) is 0.368. The van der Waals surface area contributed by atoms with Crippen molar-refractivity contribution in [2.24, 2.45) is 0 Å². The molecule has 0 atom stereocenters. The Balaban J connectivity index is 1.81. The first-order valence-electron chi connectivity index (χ1n) is 9.09. The highest BCUT2D eigenvalue weighted by atomic mass is 35.5. The molecule has 0 unspecified atom stereocenters. The van der Waals surface area contributed by atoms with Gasteiger partial charge in [-0.25, -0.2) is 12.8 Å². The molecule has 2 aromatic carbocycles. The van der Waals surface area contributed by atoms with Crippen LogP contribution in [-0.4, -0.2) is 47.7 Å². The number of ether oxygens (including phenoxy) is 1. The molecule has 0 saturated carbocycles. The molecule has 0 bridgehead atoms. The fourth-order valence-corrected chi connectivity index (χ4v) is 5.56. The molecule has 4 rings (SSSR count). The van der Waals surface area contributed by atoms with Gasteiger partial charge >= 0.3 is 0 Å².